The van der Waals surface area contributed by atoms with Gasteiger partial charge in [-0.2, -0.15) is 5.26 Å². The highest BCUT2D eigenvalue weighted by atomic mass is 16.1. The number of nitrogens with two attached hydrogens (primary N) is 1. The summed E-state index contributed by atoms with van der Waals surface area (Å²) in [7, 11) is 2.09. The van der Waals surface area contributed by atoms with Crippen molar-refractivity contribution in [1.29, 1.82) is 5.26 Å². The molecule has 0 saturated carbocycles. The van der Waals surface area contributed by atoms with Gasteiger partial charge in [0.25, 0.3) is 0 Å². The van der Waals surface area contributed by atoms with Crippen LogP contribution in [0, 0.1) is 23.2 Å². The Morgan fingerprint density at radius 1 is 1.54 bits per heavy atom. The van der Waals surface area contributed by atoms with Crippen LogP contribution in [0.2, 0.25) is 0 Å². The summed E-state index contributed by atoms with van der Waals surface area (Å²) < 4.78 is 0. The number of nitrogens with one attached hydrogen (secondary N) is 1. The zero-order chi connectivity index (χ0) is 18.4. The number of amides is 1. The lowest BCUT2D eigenvalue weighted by atomic mass is 9.70. The standard InChI is InChI=1S/C20H22N4O2/c1-24-9-11(5-12(8-21)20(22)26)6-14-13-3-2-4-16-19(13)15(7-18(14)24)17(10-25)23-16/h2-4,10-12,14,18,23H,5-7,9H2,1H3,(H2,22,26)/t11-,12?,14?,18-/m1/s1. The van der Waals surface area contributed by atoms with Crippen molar-refractivity contribution in [2.75, 3.05) is 13.6 Å². The van der Waals surface area contributed by atoms with Crippen LogP contribution in [-0.2, 0) is 11.2 Å². The summed E-state index contributed by atoms with van der Waals surface area (Å²) in [6.45, 7) is 0.832. The second-order valence-electron chi connectivity index (χ2n) is 7.64. The Kier molecular flexibility index (Phi) is 4.04. The summed E-state index contributed by atoms with van der Waals surface area (Å²) in [6.07, 6.45) is 3.20. The summed E-state index contributed by atoms with van der Waals surface area (Å²) in [5.74, 6) is -0.683. The summed E-state index contributed by atoms with van der Waals surface area (Å²) in [5, 5.41) is 10.4. The summed E-state index contributed by atoms with van der Waals surface area (Å²) >= 11 is 0. The van der Waals surface area contributed by atoms with Crippen molar-refractivity contribution in [2.45, 2.75) is 31.2 Å². The third-order valence-electron chi connectivity index (χ3n) is 6.16. The maximum absolute atomic E-state index is 11.5. The van der Waals surface area contributed by atoms with Gasteiger partial charge in [-0.25, -0.2) is 0 Å². The molecule has 26 heavy (non-hydrogen) atoms. The Morgan fingerprint density at radius 3 is 3.04 bits per heavy atom. The molecule has 3 N–H and O–H groups in total. The van der Waals surface area contributed by atoms with Crippen molar-refractivity contribution in [2.24, 2.45) is 17.6 Å². The molecule has 2 unspecified atom stereocenters. The number of rotatable bonds is 4. The van der Waals surface area contributed by atoms with Crippen molar-refractivity contribution in [1.82, 2.24) is 9.88 Å². The van der Waals surface area contributed by atoms with E-state index in [0.717, 1.165) is 36.8 Å². The average molecular weight is 350 g/mol. The largest absolute Gasteiger partial charge is 0.369 e. The van der Waals surface area contributed by atoms with Crippen LogP contribution < -0.4 is 5.73 Å². The lowest BCUT2D eigenvalue weighted by Crippen LogP contribution is -2.48. The van der Waals surface area contributed by atoms with Gasteiger partial charge >= 0.3 is 0 Å². The van der Waals surface area contributed by atoms with Crippen molar-refractivity contribution in [3.63, 3.8) is 0 Å². The van der Waals surface area contributed by atoms with Gasteiger partial charge in [-0.1, -0.05) is 12.1 Å². The van der Waals surface area contributed by atoms with Gasteiger partial charge in [0.1, 0.15) is 5.92 Å². The van der Waals surface area contributed by atoms with E-state index in [1.165, 1.54) is 10.9 Å². The first-order valence-electron chi connectivity index (χ1n) is 9.01. The zero-order valence-corrected chi connectivity index (χ0v) is 14.7. The molecule has 1 aliphatic carbocycles. The summed E-state index contributed by atoms with van der Waals surface area (Å²) in [6, 6.07) is 8.56. The number of carbonyl (C=O) groups is 2. The second-order valence-corrected chi connectivity index (χ2v) is 7.64. The number of likely N-dealkylation sites (N-methyl/N-ethyl adjacent to an activating group) is 1. The van der Waals surface area contributed by atoms with Crippen LogP contribution in [-0.4, -0.2) is 41.7 Å². The van der Waals surface area contributed by atoms with Crippen molar-refractivity contribution in [3.8, 4) is 6.07 Å². The number of aromatic nitrogens is 1. The van der Waals surface area contributed by atoms with Crippen LogP contribution >= 0.6 is 0 Å². The van der Waals surface area contributed by atoms with E-state index < -0.39 is 11.8 Å². The highest BCUT2D eigenvalue weighted by molar-refractivity contribution is 5.95. The number of H-pyrrole nitrogens is 1. The number of nitrogens with zero attached hydrogens (tertiary/aromatic N) is 2. The molecule has 6 heteroatoms. The fourth-order valence-electron chi connectivity index (χ4n) is 5.01. The smallest absolute Gasteiger partial charge is 0.234 e. The molecule has 4 rings (SSSR count). The van der Waals surface area contributed by atoms with Crippen molar-refractivity contribution < 1.29 is 9.59 Å². The topological polar surface area (TPSA) is 103 Å². The van der Waals surface area contributed by atoms with E-state index in [0.29, 0.717) is 24.1 Å². The highest BCUT2D eigenvalue weighted by Gasteiger charge is 2.41. The van der Waals surface area contributed by atoms with E-state index in [-0.39, 0.29) is 5.92 Å². The maximum Gasteiger partial charge on any atom is 0.234 e. The Labute approximate surface area is 152 Å². The molecule has 4 atom stereocenters. The maximum atomic E-state index is 11.5. The number of primary amides is 1. The number of hydrogen-bond acceptors (Lipinski definition) is 4. The van der Waals surface area contributed by atoms with E-state index >= 15 is 0 Å². The number of piperidine rings is 1. The molecule has 1 aromatic heterocycles. The van der Waals surface area contributed by atoms with Crippen molar-refractivity contribution >= 4 is 23.1 Å². The predicted octanol–water partition coefficient (Wildman–Crippen LogP) is 1.96. The fourth-order valence-corrected chi connectivity index (χ4v) is 5.01. The van der Waals surface area contributed by atoms with Gasteiger partial charge in [0.2, 0.25) is 5.91 Å². The minimum absolute atomic E-state index is 0.250. The Morgan fingerprint density at radius 2 is 2.35 bits per heavy atom. The molecule has 1 aromatic carbocycles. The lowest BCUT2D eigenvalue weighted by molar-refractivity contribution is -0.120. The number of aldehydes is 1. The number of hydrogen-bond donors (Lipinski definition) is 2. The first kappa shape index (κ1) is 16.8. The Bertz CT molecular complexity index is 926. The molecular formula is C20H22N4O2. The molecule has 0 radical (unpaired) electrons. The number of aromatic amines is 1. The number of nitriles is 1. The molecule has 6 nitrogen and oxygen atoms in total. The minimum Gasteiger partial charge on any atom is -0.369 e. The SMILES string of the molecule is CN1C[C@H](CC(C#N)C(N)=O)CC2c3cccc4[nH]c(C=O)c(c34)C[C@H]21. The first-order chi connectivity index (χ1) is 12.5. The fraction of sp³-hybridized carbons (Fsp3) is 0.450. The third-order valence-corrected chi connectivity index (χ3v) is 6.16. The lowest BCUT2D eigenvalue weighted by Gasteiger charge is -2.46. The van der Waals surface area contributed by atoms with E-state index in [9.17, 15) is 14.9 Å². The molecule has 1 fully saturated rings. The second kappa shape index (κ2) is 6.26. The first-order valence-corrected chi connectivity index (χ1v) is 9.01. The van der Waals surface area contributed by atoms with Gasteiger partial charge in [-0.15, -0.1) is 0 Å². The molecular weight excluding hydrogens is 328 g/mol. The van der Waals surface area contributed by atoms with Crippen LogP contribution in [0.1, 0.15) is 40.4 Å². The molecule has 2 heterocycles. The molecule has 1 aliphatic heterocycles. The van der Waals surface area contributed by atoms with E-state index in [1.807, 2.05) is 18.2 Å². The summed E-state index contributed by atoms with van der Waals surface area (Å²) in [5.41, 5.74) is 9.43. The Balaban J connectivity index is 1.71. The molecule has 0 spiro atoms. The van der Waals surface area contributed by atoms with Gasteiger partial charge in [-0.3, -0.25) is 9.59 Å². The van der Waals surface area contributed by atoms with E-state index in [4.69, 9.17) is 5.73 Å². The van der Waals surface area contributed by atoms with Gasteiger partial charge < -0.3 is 15.6 Å². The van der Waals surface area contributed by atoms with Gasteiger partial charge in [0.05, 0.1) is 11.8 Å². The van der Waals surface area contributed by atoms with Crippen LogP contribution in [0.4, 0.5) is 0 Å². The van der Waals surface area contributed by atoms with Gasteiger partial charge in [-0.05, 0) is 49.4 Å². The van der Waals surface area contributed by atoms with Gasteiger partial charge in [0, 0.05) is 29.4 Å². The van der Waals surface area contributed by atoms with E-state index in [1.54, 1.807) is 0 Å². The third kappa shape index (κ3) is 2.51. The highest BCUT2D eigenvalue weighted by Crippen LogP contribution is 2.46. The molecule has 0 bridgehead atoms. The molecule has 1 saturated heterocycles. The molecule has 2 aromatic rings. The van der Waals surface area contributed by atoms with E-state index in [2.05, 4.69) is 23.0 Å². The number of carbonyl (C=O) groups excluding carboxylic acids is 2. The van der Waals surface area contributed by atoms with Crippen LogP contribution in [0.3, 0.4) is 0 Å². The molecule has 2 aliphatic rings. The normalized spacial score (nSPS) is 26.1. The monoisotopic (exact) mass is 350 g/mol. The number of likely N-dealkylation sites (tertiary alicyclic amines) is 1. The number of benzene rings is 1. The zero-order valence-electron chi connectivity index (χ0n) is 14.7. The average Bonchev–Trinajstić information content (AvgIpc) is 2.99. The quantitative estimate of drug-likeness (QED) is 0.823. The predicted molar refractivity (Wildman–Crippen MR) is 97.6 cm³/mol. The number of fused-ring (bicyclic) bond motifs is 2. The molecule has 1 amide bonds. The molecule has 134 valence electrons. The Hall–Kier alpha value is -2.65. The minimum atomic E-state index is -0.728. The van der Waals surface area contributed by atoms with Gasteiger partial charge in [0.15, 0.2) is 6.29 Å². The van der Waals surface area contributed by atoms with Crippen LogP contribution in [0.25, 0.3) is 10.9 Å². The van der Waals surface area contributed by atoms with Crippen LogP contribution in [0.15, 0.2) is 18.2 Å². The van der Waals surface area contributed by atoms with Crippen LogP contribution in [0.5, 0.6) is 0 Å². The van der Waals surface area contributed by atoms with Crippen molar-refractivity contribution in [3.05, 3.63) is 35.0 Å². The summed E-state index contributed by atoms with van der Waals surface area (Å²) in [4.78, 5) is 28.5.